The van der Waals surface area contributed by atoms with Gasteiger partial charge in [0.25, 0.3) is 5.56 Å². The highest BCUT2D eigenvalue weighted by molar-refractivity contribution is 6.04. The number of carbonyl (C=O) groups excluding carboxylic acids is 2. The molecule has 6 heteroatoms. The van der Waals surface area contributed by atoms with Crippen LogP contribution in [0.25, 0.3) is 10.8 Å². The molecule has 0 spiro atoms. The summed E-state index contributed by atoms with van der Waals surface area (Å²) in [6, 6.07) is 12.5. The van der Waals surface area contributed by atoms with Gasteiger partial charge in [-0.3, -0.25) is 9.59 Å². The molecule has 0 unspecified atom stereocenters. The average Bonchev–Trinajstić information content (AvgIpc) is 3.25. The first-order chi connectivity index (χ1) is 14.6. The van der Waals surface area contributed by atoms with Gasteiger partial charge in [0.05, 0.1) is 5.39 Å². The second kappa shape index (κ2) is 8.61. The van der Waals surface area contributed by atoms with Gasteiger partial charge in [-0.25, -0.2) is 9.48 Å². The number of carbonyl (C=O) groups is 2. The van der Waals surface area contributed by atoms with Crippen molar-refractivity contribution in [1.82, 2.24) is 9.78 Å². The number of ketones is 1. The number of aromatic nitrogens is 2. The van der Waals surface area contributed by atoms with Crippen molar-refractivity contribution in [2.75, 3.05) is 6.61 Å². The molecule has 0 saturated heterocycles. The summed E-state index contributed by atoms with van der Waals surface area (Å²) in [6.07, 6.45) is 4.80. The number of hydrogen-bond donors (Lipinski definition) is 0. The smallest absolute Gasteiger partial charge is 0.359 e. The SMILES string of the molecule is CCCCn1nc(C(=O)OCC(=O)c2ccc3c(c2)CCC3)c2ccccc2c1=O. The Morgan fingerprint density at radius 2 is 1.83 bits per heavy atom. The first kappa shape index (κ1) is 20.0. The second-order valence-electron chi connectivity index (χ2n) is 7.61. The maximum absolute atomic E-state index is 12.8. The molecule has 3 aromatic rings. The van der Waals surface area contributed by atoms with Crippen LogP contribution < -0.4 is 5.56 Å². The highest BCUT2D eigenvalue weighted by Gasteiger charge is 2.20. The fourth-order valence-corrected chi connectivity index (χ4v) is 3.87. The molecule has 6 nitrogen and oxygen atoms in total. The monoisotopic (exact) mass is 404 g/mol. The second-order valence-corrected chi connectivity index (χ2v) is 7.61. The maximum Gasteiger partial charge on any atom is 0.359 e. The number of ether oxygens (including phenoxy) is 1. The predicted octanol–water partition coefficient (Wildman–Crippen LogP) is 3.73. The summed E-state index contributed by atoms with van der Waals surface area (Å²) in [5.41, 5.74) is 2.86. The minimum atomic E-state index is -0.703. The summed E-state index contributed by atoms with van der Waals surface area (Å²) < 4.78 is 6.62. The van der Waals surface area contributed by atoms with Crippen LogP contribution in [-0.4, -0.2) is 28.1 Å². The highest BCUT2D eigenvalue weighted by atomic mass is 16.5. The van der Waals surface area contributed by atoms with E-state index in [4.69, 9.17) is 4.74 Å². The van der Waals surface area contributed by atoms with E-state index >= 15 is 0 Å². The molecule has 0 fully saturated rings. The number of rotatable bonds is 7. The average molecular weight is 404 g/mol. The van der Waals surface area contributed by atoms with Crippen molar-refractivity contribution < 1.29 is 14.3 Å². The fourth-order valence-electron chi connectivity index (χ4n) is 3.87. The fraction of sp³-hybridized carbons (Fsp3) is 0.333. The van der Waals surface area contributed by atoms with Crippen LogP contribution in [0.3, 0.4) is 0 Å². The molecule has 0 amide bonds. The molecule has 0 atom stereocenters. The van der Waals surface area contributed by atoms with Gasteiger partial charge >= 0.3 is 5.97 Å². The van der Waals surface area contributed by atoms with Crippen LogP contribution in [0.2, 0.25) is 0 Å². The third kappa shape index (κ3) is 3.90. The molecule has 0 aliphatic heterocycles. The zero-order valence-electron chi connectivity index (χ0n) is 17.0. The zero-order valence-corrected chi connectivity index (χ0v) is 17.0. The molecule has 0 radical (unpaired) electrons. The van der Waals surface area contributed by atoms with E-state index in [2.05, 4.69) is 5.10 Å². The largest absolute Gasteiger partial charge is 0.452 e. The minimum absolute atomic E-state index is 0.0584. The Morgan fingerprint density at radius 3 is 2.63 bits per heavy atom. The molecule has 0 bridgehead atoms. The standard InChI is InChI=1S/C24H24N2O4/c1-2-3-13-26-23(28)20-10-5-4-9-19(20)22(25-26)24(29)30-15-21(27)18-12-11-16-7-6-8-17(16)14-18/h4-5,9-12,14H,2-3,6-8,13,15H2,1H3. The highest BCUT2D eigenvalue weighted by Crippen LogP contribution is 2.23. The first-order valence-electron chi connectivity index (χ1n) is 10.4. The van der Waals surface area contributed by atoms with Gasteiger partial charge in [-0.1, -0.05) is 43.7 Å². The van der Waals surface area contributed by atoms with Crippen LogP contribution in [0.4, 0.5) is 0 Å². The van der Waals surface area contributed by atoms with Gasteiger partial charge in [0.1, 0.15) is 0 Å². The van der Waals surface area contributed by atoms with E-state index in [0.717, 1.165) is 32.1 Å². The maximum atomic E-state index is 12.8. The molecule has 1 aliphatic carbocycles. The van der Waals surface area contributed by atoms with Crippen molar-refractivity contribution in [1.29, 1.82) is 0 Å². The molecular weight excluding hydrogens is 380 g/mol. The number of fused-ring (bicyclic) bond motifs is 2. The van der Waals surface area contributed by atoms with E-state index in [9.17, 15) is 14.4 Å². The van der Waals surface area contributed by atoms with Crippen molar-refractivity contribution in [2.24, 2.45) is 0 Å². The van der Waals surface area contributed by atoms with Crippen LogP contribution in [0.15, 0.2) is 47.3 Å². The molecule has 2 aromatic carbocycles. The third-order valence-electron chi connectivity index (χ3n) is 5.54. The van der Waals surface area contributed by atoms with Crippen LogP contribution >= 0.6 is 0 Å². The summed E-state index contributed by atoms with van der Waals surface area (Å²) in [5, 5.41) is 5.11. The van der Waals surface area contributed by atoms with Gasteiger partial charge in [-0.05, 0) is 48.9 Å². The Labute approximate surface area is 174 Å². The lowest BCUT2D eigenvalue weighted by Gasteiger charge is -2.11. The summed E-state index contributed by atoms with van der Waals surface area (Å²) in [7, 11) is 0. The lowest BCUT2D eigenvalue weighted by molar-refractivity contribution is 0.0468. The summed E-state index contributed by atoms with van der Waals surface area (Å²) in [4.78, 5) is 38.0. The molecule has 4 rings (SSSR count). The topological polar surface area (TPSA) is 78.3 Å². The molecule has 0 saturated carbocycles. The van der Waals surface area contributed by atoms with Gasteiger partial charge in [0.2, 0.25) is 0 Å². The first-order valence-corrected chi connectivity index (χ1v) is 10.4. The number of esters is 1. The summed E-state index contributed by atoms with van der Waals surface area (Å²) in [6.45, 7) is 2.09. The van der Waals surface area contributed by atoms with E-state index in [-0.39, 0.29) is 23.6 Å². The van der Waals surface area contributed by atoms with Crippen LogP contribution in [0.5, 0.6) is 0 Å². The normalized spacial score (nSPS) is 12.7. The van der Waals surface area contributed by atoms with E-state index in [0.29, 0.717) is 22.9 Å². The van der Waals surface area contributed by atoms with Crippen molar-refractivity contribution in [3.63, 3.8) is 0 Å². The van der Waals surface area contributed by atoms with Crippen molar-refractivity contribution in [2.45, 2.75) is 45.6 Å². The van der Waals surface area contributed by atoms with Gasteiger partial charge < -0.3 is 4.74 Å². The number of hydrogen-bond acceptors (Lipinski definition) is 5. The molecule has 30 heavy (non-hydrogen) atoms. The van der Waals surface area contributed by atoms with Crippen molar-refractivity contribution in [3.05, 3.63) is 75.2 Å². The molecule has 1 heterocycles. The molecule has 1 aromatic heterocycles. The third-order valence-corrected chi connectivity index (χ3v) is 5.54. The Balaban J connectivity index is 1.56. The Hall–Kier alpha value is -3.28. The van der Waals surface area contributed by atoms with E-state index in [1.165, 1.54) is 15.8 Å². The van der Waals surface area contributed by atoms with Crippen LogP contribution in [0, 0.1) is 0 Å². The van der Waals surface area contributed by atoms with E-state index in [1.54, 1.807) is 30.3 Å². The van der Waals surface area contributed by atoms with Crippen LogP contribution in [0.1, 0.15) is 58.2 Å². The lowest BCUT2D eigenvalue weighted by atomic mass is 10.0. The van der Waals surface area contributed by atoms with E-state index in [1.807, 2.05) is 19.1 Å². The van der Waals surface area contributed by atoms with Crippen molar-refractivity contribution >= 4 is 22.5 Å². The summed E-state index contributed by atoms with van der Waals surface area (Å²) in [5.74, 6) is -0.951. The Morgan fingerprint density at radius 1 is 1.07 bits per heavy atom. The van der Waals surface area contributed by atoms with Gasteiger partial charge in [-0.2, -0.15) is 5.10 Å². The molecule has 0 N–H and O–H groups in total. The predicted molar refractivity (Wildman–Crippen MR) is 114 cm³/mol. The number of Topliss-reactive ketones (excluding diaryl/α,β-unsaturated/α-hetero) is 1. The van der Waals surface area contributed by atoms with Gasteiger partial charge in [0, 0.05) is 17.5 Å². The quantitative estimate of drug-likeness (QED) is 0.443. The van der Waals surface area contributed by atoms with E-state index < -0.39 is 5.97 Å². The van der Waals surface area contributed by atoms with Gasteiger partial charge in [0.15, 0.2) is 18.1 Å². The molecule has 154 valence electrons. The summed E-state index contributed by atoms with van der Waals surface area (Å²) >= 11 is 0. The number of nitrogens with zero attached hydrogens (tertiary/aromatic N) is 2. The molecular formula is C24H24N2O4. The van der Waals surface area contributed by atoms with Gasteiger partial charge in [-0.15, -0.1) is 0 Å². The van der Waals surface area contributed by atoms with Crippen molar-refractivity contribution in [3.8, 4) is 0 Å². The minimum Gasteiger partial charge on any atom is -0.452 e. The zero-order chi connectivity index (χ0) is 21.1. The number of aryl methyl sites for hydroxylation is 3. The number of benzene rings is 2. The van der Waals surface area contributed by atoms with Crippen LogP contribution in [-0.2, 0) is 24.1 Å². The number of unbranched alkanes of at least 4 members (excludes halogenated alkanes) is 1. The Bertz CT molecular complexity index is 1180. The molecule has 1 aliphatic rings. The lowest BCUT2D eigenvalue weighted by Crippen LogP contribution is -2.27. The Kier molecular flexibility index (Phi) is 5.74.